The molecule has 3 rings (SSSR count). The summed E-state index contributed by atoms with van der Waals surface area (Å²) in [5.74, 6) is 0. The van der Waals surface area contributed by atoms with E-state index in [1.54, 1.807) is 11.5 Å². The summed E-state index contributed by atoms with van der Waals surface area (Å²) in [6.07, 6.45) is -2.03. The van der Waals surface area contributed by atoms with E-state index in [1.165, 1.54) is 19.6 Å². The van der Waals surface area contributed by atoms with Gasteiger partial charge in [0.05, 0.1) is 18.1 Å². The van der Waals surface area contributed by atoms with Crippen LogP contribution in [0.5, 0.6) is 0 Å². The van der Waals surface area contributed by atoms with Crippen molar-refractivity contribution in [3.05, 3.63) is 18.3 Å². The van der Waals surface area contributed by atoms with Gasteiger partial charge in [0.2, 0.25) is 0 Å². The summed E-state index contributed by atoms with van der Waals surface area (Å²) in [5.41, 5.74) is 1.84. The third-order valence-electron chi connectivity index (χ3n) is 3.57. The maximum Gasteiger partial charge on any atom is 0.165 e. The van der Waals surface area contributed by atoms with Gasteiger partial charge in [0.15, 0.2) is 11.9 Å². The lowest BCUT2D eigenvalue weighted by atomic mass is 10.1. The van der Waals surface area contributed by atoms with E-state index in [0.29, 0.717) is 16.9 Å². The molecule has 1 fully saturated rings. The zero-order chi connectivity index (χ0) is 14.4. The van der Waals surface area contributed by atoms with Crippen LogP contribution in [0, 0.1) is 6.92 Å². The van der Waals surface area contributed by atoms with E-state index < -0.39 is 30.6 Å². The summed E-state index contributed by atoms with van der Waals surface area (Å²) in [4.78, 5) is 12.4. The Kier molecular flexibility index (Phi) is 3.17. The van der Waals surface area contributed by atoms with Gasteiger partial charge in [-0.2, -0.15) is 0 Å². The smallest absolute Gasteiger partial charge is 0.165 e. The van der Waals surface area contributed by atoms with Crippen LogP contribution < -0.4 is 0 Å². The number of hydrogen-bond acceptors (Lipinski definition) is 7. The Hall–Kier alpha value is -1.61. The van der Waals surface area contributed by atoms with Crippen LogP contribution >= 0.6 is 0 Å². The molecule has 5 atom stereocenters. The van der Waals surface area contributed by atoms with Crippen LogP contribution in [0.25, 0.3) is 11.2 Å². The first-order valence-corrected chi connectivity index (χ1v) is 6.34. The number of hydrogen-bond donors (Lipinski definition) is 3. The molecule has 0 amide bonds. The lowest BCUT2D eigenvalue weighted by molar-refractivity contribution is -0.0777. The van der Waals surface area contributed by atoms with Crippen molar-refractivity contribution in [3.63, 3.8) is 0 Å². The predicted molar refractivity (Wildman–Crippen MR) is 67.7 cm³/mol. The molecule has 3 N–H and O–H groups in total. The van der Waals surface area contributed by atoms with Gasteiger partial charge in [-0.3, -0.25) is 4.57 Å². The summed E-state index contributed by atoms with van der Waals surface area (Å²) >= 11 is 0. The quantitative estimate of drug-likeness (QED) is 0.655. The highest BCUT2D eigenvalue weighted by Crippen LogP contribution is 2.32. The van der Waals surface area contributed by atoms with E-state index >= 15 is 0 Å². The van der Waals surface area contributed by atoms with Crippen LogP contribution in [0.2, 0.25) is 0 Å². The van der Waals surface area contributed by atoms with Gasteiger partial charge < -0.3 is 20.1 Å². The first kappa shape index (κ1) is 13.4. The number of aliphatic hydroxyl groups is 3. The summed E-state index contributed by atoms with van der Waals surface area (Å²) in [6, 6.07) is 0. The minimum atomic E-state index is -1.17. The number of aromatic nitrogens is 4. The van der Waals surface area contributed by atoms with Crippen molar-refractivity contribution in [2.24, 2.45) is 0 Å². The van der Waals surface area contributed by atoms with Crippen LogP contribution in [-0.2, 0) is 4.74 Å². The molecule has 108 valence electrons. The standard InChI is InChI=1S/C12H16N4O4/c1-5-7-11(14-3-13-5)16(4-15-7)12-9(19)8(18)10(20-12)6(2)17/h3-4,6,8-10,12,17-19H,1-2H3/t6-,8+,9-,10-,12?/m1/s1. The van der Waals surface area contributed by atoms with E-state index in [-0.39, 0.29) is 0 Å². The summed E-state index contributed by atoms with van der Waals surface area (Å²) in [7, 11) is 0. The zero-order valence-corrected chi connectivity index (χ0v) is 11.1. The number of fused-ring (bicyclic) bond motifs is 1. The van der Waals surface area contributed by atoms with E-state index in [1.807, 2.05) is 0 Å². The maximum atomic E-state index is 10.1. The molecule has 20 heavy (non-hydrogen) atoms. The molecule has 0 bridgehead atoms. The number of aliphatic hydroxyl groups excluding tert-OH is 3. The van der Waals surface area contributed by atoms with Crippen LogP contribution in [0.1, 0.15) is 18.8 Å². The highest BCUT2D eigenvalue weighted by molar-refractivity contribution is 5.72. The van der Waals surface area contributed by atoms with Crippen LogP contribution in [-0.4, -0.2) is 59.3 Å². The summed E-state index contributed by atoms with van der Waals surface area (Å²) in [6.45, 7) is 3.31. The molecule has 8 heteroatoms. The second-order valence-electron chi connectivity index (χ2n) is 5.00. The zero-order valence-electron chi connectivity index (χ0n) is 11.1. The number of imidazole rings is 1. The first-order valence-electron chi connectivity index (χ1n) is 6.34. The van der Waals surface area contributed by atoms with Gasteiger partial charge in [-0.25, -0.2) is 15.0 Å². The van der Waals surface area contributed by atoms with Gasteiger partial charge in [-0.1, -0.05) is 0 Å². The average molecular weight is 280 g/mol. The van der Waals surface area contributed by atoms with E-state index in [2.05, 4.69) is 15.0 Å². The van der Waals surface area contributed by atoms with Crippen LogP contribution in [0.15, 0.2) is 12.7 Å². The summed E-state index contributed by atoms with van der Waals surface area (Å²) < 4.78 is 7.09. The molecule has 0 spiro atoms. The minimum Gasteiger partial charge on any atom is -0.391 e. The van der Waals surface area contributed by atoms with Gasteiger partial charge in [0.25, 0.3) is 0 Å². The normalized spacial score (nSPS) is 31.9. The van der Waals surface area contributed by atoms with Crippen molar-refractivity contribution in [1.29, 1.82) is 0 Å². The number of nitrogens with zero attached hydrogens (tertiary/aromatic N) is 4. The largest absolute Gasteiger partial charge is 0.391 e. The molecule has 8 nitrogen and oxygen atoms in total. The molecule has 2 aromatic rings. The van der Waals surface area contributed by atoms with Crippen molar-refractivity contribution in [3.8, 4) is 0 Å². The monoisotopic (exact) mass is 280 g/mol. The van der Waals surface area contributed by atoms with Crippen molar-refractivity contribution >= 4 is 11.2 Å². The van der Waals surface area contributed by atoms with Gasteiger partial charge in [-0.15, -0.1) is 0 Å². The Labute approximate surface area is 114 Å². The van der Waals surface area contributed by atoms with Gasteiger partial charge >= 0.3 is 0 Å². The topological polar surface area (TPSA) is 114 Å². The molecule has 1 aliphatic heterocycles. The van der Waals surface area contributed by atoms with Crippen molar-refractivity contribution in [1.82, 2.24) is 19.5 Å². The Balaban J connectivity index is 2.02. The molecule has 0 radical (unpaired) electrons. The van der Waals surface area contributed by atoms with Gasteiger partial charge in [-0.05, 0) is 13.8 Å². The third kappa shape index (κ3) is 1.88. The predicted octanol–water partition coefficient (Wildman–Crippen LogP) is -0.865. The van der Waals surface area contributed by atoms with E-state index in [0.717, 1.165) is 0 Å². The Bertz CT molecular complexity index is 629. The second kappa shape index (κ2) is 4.74. The highest BCUT2D eigenvalue weighted by atomic mass is 16.6. The maximum absolute atomic E-state index is 10.1. The number of aryl methyl sites for hydroxylation is 1. The van der Waals surface area contributed by atoms with Crippen molar-refractivity contribution < 1.29 is 20.1 Å². The van der Waals surface area contributed by atoms with Crippen LogP contribution in [0.3, 0.4) is 0 Å². The van der Waals surface area contributed by atoms with Gasteiger partial charge in [0, 0.05) is 0 Å². The molecule has 0 aromatic carbocycles. The lowest BCUT2D eigenvalue weighted by Gasteiger charge is -2.17. The SMILES string of the molecule is Cc1ncnc2c1ncn2C1O[C@H]([C@@H](C)O)[C@@H](O)[C@H]1O. The van der Waals surface area contributed by atoms with Gasteiger partial charge in [0.1, 0.15) is 30.2 Å². The molecule has 0 saturated carbocycles. The molecule has 1 saturated heterocycles. The fraction of sp³-hybridized carbons (Fsp3) is 0.583. The second-order valence-corrected chi connectivity index (χ2v) is 5.00. The lowest BCUT2D eigenvalue weighted by Crippen LogP contribution is -2.37. The molecular formula is C12H16N4O4. The fourth-order valence-corrected chi connectivity index (χ4v) is 2.47. The molecule has 3 heterocycles. The average Bonchev–Trinajstić information content (AvgIpc) is 2.94. The van der Waals surface area contributed by atoms with Crippen LogP contribution in [0.4, 0.5) is 0 Å². The highest BCUT2D eigenvalue weighted by Gasteiger charge is 2.46. The number of rotatable bonds is 2. The molecule has 2 aromatic heterocycles. The summed E-state index contributed by atoms with van der Waals surface area (Å²) in [5, 5.41) is 29.6. The van der Waals surface area contributed by atoms with E-state index in [9.17, 15) is 15.3 Å². The molecule has 1 unspecified atom stereocenters. The fourth-order valence-electron chi connectivity index (χ4n) is 2.47. The third-order valence-corrected chi connectivity index (χ3v) is 3.57. The molecular weight excluding hydrogens is 264 g/mol. The first-order chi connectivity index (χ1) is 9.50. The van der Waals surface area contributed by atoms with Crippen molar-refractivity contribution in [2.45, 2.75) is 44.5 Å². The number of ether oxygens (including phenoxy) is 1. The molecule has 1 aliphatic rings. The Morgan fingerprint density at radius 2 is 2.00 bits per heavy atom. The molecule has 0 aliphatic carbocycles. The van der Waals surface area contributed by atoms with E-state index in [4.69, 9.17) is 4.74 Å². The van der Waals surface area contributed by atoms with Crippen molar-refractivity contribution in [2.75, 3.05) is 0 Å². The Morgan fingerprint density at radius 3 is 2.65 bits per heavy atom. The minimum absolute atomic E-state index is 0.514. The Morgan fingerprint density at radius 1 is 1.25 bits per heavy atom.